The number of amides is 1. The van der Waals surface area contributed by atoms with Crippen LogP contribution >= 0.6 is 0 Å². The van der Waals surface area contributed by atoms with Crippen molar-refractivity contribution in [3.63, 3.8) is 0 Å². The molecule has 2 aromatic rings. The van der Waals surface area contributed by atoms with Gasteiger partial charge in [-0.2, -0.15) is 0 Å². The highest BCUT2D eigenvalue weighted by Gasteiger charge is 2.26. The van der Waals surface area contributed by atoms with Gasteiger partial charge < -0.3 is 26.1 Å². The number of nitrogens with one attached hydrogen (secondary N) is 2. The highest BCUT2D eigenvalue weighted by molar-refractivity contribution is 5.78. The Morgan fingerprint density at radius 2 is 2.00 bits per heavy atom. The monoisotopic (exact) mass is 409 g/mol. The van der Waals surface area contributed by atoms with Crippen molar-refractivity contribution in [2.75, 3.05) is 18.5 Å². The SMILES string of the molecule is NN/C=C(\N)CCOCC(=O)N1Cc2cnc(NC3Cc4ccccc4C3)nc2C1. The molecule has 0 saturated heterocycles. The highest BCUT2D eigenvalue weighted by Crippen LogP contribution is 2.25. The van der Waals surface area contributed by atoms with E-state index in [4.69, 9.17) is 16.3 Å². The average Bonchev–Trinajstić information content (AvgIpc) is 3.34. The molecule has 0 spiro atoms. The number of hydrogen-bond acceptors (Lipinski definition) is 8. The Hall–Kier alpha value is -3.17. The molecule has 1 amide bonds. The Morgan fingerprint density at radius 1 is 1.23 bits per heavy atom. The van der Waals surface area contributed by atoms with E-state index < -0.39 is 0 Å². The van der Waals surface area contributed by atoms with Crippen molar-refractivity contribution in [2.45, 2.75) is 38.4 Å². The van der Waals surface area contributed by atoms with Crippen molar-refractivity contribution in [1.29, 1.82) is 0 Å². The molecule has 0 bridgehead atoms. The van der Waals surface area contributed by atoms with Crippen LogP contribution in [0.2, 0.25) is 0 Å². The molecule has 0 fully saturated rings. The van der Waals surface area contributed by atoms with Crippen LogP contribution in [0.3, 0.4) is 0 Å². The fraction of sp³-hybridized carbons (Fsp3) is 0.381. The number of aromatic nitrogens is 2. The molecule has 0 atom stereocenters. The zero-order valence-electron chi connectivity index (χ0n) is 16.8. The summed E-state index contributed by atoms with van der Waals surface area (Å²) in [6, 6.07) is 8.79. The minimum Gasteiger partial charge on any atom is -0.401 e. The van der Waals surface area contributed by atoms with Gasteiger partial charge in [0, 0.05) is 42.7 Å². The Bertz CT molecular complexity index is 922. The van der Waals surface area contributed by atoms with Crippen molar-refractivity contribution in [3.8, 4) is 0 Å². The molecule has 1 aromatic heterocycles. The standard InChI is InChI=1S/C21H27N7O2/c22-17(10-25-23)5-6-30-13-20(29)28-11-16-9-24-21(27-19(16)12-28)26-18-7-14-3-1-2-4-15(14)8-18/h1-4,9-10,18,25H,5-8,11-13,22-23H2,(H,24,26,27)/b17-10-. The van der Waals surface area contributed by atoms with Gasteiger partial charge in [-0.05, 0) is 24.0 Å². The first-order valence-corrected chi connectivity index (χ1v) is 10.1. The van der Waals surface area contributed by atoms with E-state index in [1.54, 1.807) is 4.90 Å². The van der Waals surface area contributed by atoms with E-state index in [1.807, 2.05) is 6.20 Å². The summed E-state index contributed by atoms with van der Waals surface area (Å²) < 4.78 is 5.44. The summed E-state index contributed by atoms with van der Waals surface area (Å²) >= 11 is 0. The van der Waals surface area contributed by atoms with Crippen LogP contribution in [-0.4, -0.2) is 40.0 Å². The van der Waals surface area contributed by atoms with Crippen LogP contribution in [-0.2, 0) is 35.5 Å². The third-order valence-corrected chi connectivity index (χ3v) is 5.42. The molecule has 6 N–H and O–H groups in total. The number of hydrogen-bond donors (Lipinski definition) is 4. The van der Waals surface area contributed by atoms with Gasteiger partial charge in [0.15, 0.2) is 0 Å². The molecule has 4 rings (SSSR count). The molecular weight excluding hydrogens is 382 g/mol. The summed E-state index contributed by atoms with van der Waals surface area (Å²) in [5.74, 6) is 5.70. The molecule has 1 aliphatic carbocycles. The molecule has 2 aliphatic rings. The fourth-order valence-corrected chi connectivity index (χ4v) is 3.86. The Balaban J connectivity index is 1.27. The maximum Gasteiger partial charge on any atom is 0.249 e. The maximum absolute atomic E-state index is 12.4. The molecule has 0 saturated carbocycles. The number of rotatable bonds is 8. The second-order valence-corrected chi connectivity index (χ2v) is 7.62. The number of benzene rings is 1. The van der Waals surface area contributed by atoms with Crippen LogP contribution in [0.4, 0.5) is 5.95 Å². The van der Waals surface area contributed by atoms with Crippen molar-refractivity contribution >= 4 is 11.9 Å². The topological polar surface area (TPSA) is 131 Å². The molecule has 0 radical (unpaired) electrons. The van der Waals surface area contributed by atoms with Gasteiger partial charge in [-0.3, -0.25) is 10.6 Å². The van der Waals surface area contributed by atoms with Gasteiger partial charge in [0.2, 0.25) is 11.9 Å². The lowest BCUT2D eigenvalue weighted by atomic mass is 10.1. The zero-order chi connectivity index (χ0) is 20.9. The van der Waals surface area contributed by atoms with E-state index in [9.17, 15) is 4.79 Å². The Kier molecular flexibility index (Phi) is 6.10. The fourth-order valence-electron chi connectivity index (χ4n) is 3.86. The van der Waals surface area contributed by atoms with Gasteiger partial charge in [0.05, 0.1) is 18.8 Å². The van der Waals surface area contributed by atoms with E-state index in [-0.39, 0.29) is 12.5 Å². The van der Waals surface area contributed by atoms with Gasteiger partial charge in [-0.15, -0.1) is 0 Å². The summed E-state index contributed by atoms with van der Waals surface area (Å²) in [4.78, 5) is 23.3. The number of carbonyl (C=O) groups is 1. The quantitative estimate of drug-likeness (QED) is 0.283. The third kappa shape index (κ3) is 4.69. The molecule has 1 aliphatic heterocycles. The smallest absolute Gasteiger partial charge is 0.249 e. The van der Waals surface area contributed by atoms with Crippen LogP contribution in [0, 0.1) is 0 Å². The van der Waals surface area contributed by atoms with E-state index in [0.717, 1.165) is 24.1 Å². The summed E-state index contributed by atoms with van der Waals surface area (Å²) in [5.41, 5.74) is 13.3. The van der Waals surface area contributed by atoms with Gasteiger partial charge in [0.1, 0.15) is 6.61 Å². The minimum absolute atomic E-state index is 0.0101. The first kappa shape index (κ1) is 20.1. The summed E-state index contributed by atoms with van der Waals surface area (Å²) in [6.45, 7) is 1.34. The van der Waals surface area contributed by atoms with E-state index in [0.29, 0.717) is 43.8 Å². The molecule has 9 nitrogen and oxygen atoms in total. The third-order valence-electron chi connectivity index (χ3n) is 5.42. The second kappa shape index (κ2) is 9.10. The lowest BCUT2D eigenvalue weighted by Crippen LogP contribution is -2.29. The first-order chi connectivity index (χ1) is 14.6. The number of nitrogens with two attached hydrogens (primary N) is 2. The molecule has 9 heteroatoms. The van der Waals surface area contributed by atoms with Crippen LogP contribution in [0.25, 0.3) is 0 Å². The van der Waals surface area contributed by atoms with Crippen molar-refractivity contribution in [3.05, 3.63) is 64.7 Å². The summed E-state index contributed by atoms with van der Waals surface area (Å²) in [5, 5.41) is 3.44. The predicted octanol–water partition coefficient (Wildman–Crippen LogP) is 0.568. The zero-order valence-corrected chi connectivity index (χ0v) is 16.8. The average molecular weight is 409 g/mol. The first-order valence-electron chi connectivity index (χ1n) is 10.1. The Labute approximate surface area is 175 Å². The maximum atomic E-state index is 12.4. The van der Waals surface area contributed by atoms with Crippen LogP contribution in [0.15, 0.2) is 42.4 Å². The number of anilines is 1. The van der Waals surface area contributed by atoms with Gasteiger partial charge >= 0.3 is 0 Å². The van der Waals surface area contributed by atoms with Crippen LogP contribution < -0.4 is 22.3 Å². The predicted molar refractivity (Wildman–Crippen MR) is 113 cm³/mol. The van der Waals surface area contributed by atoms with Gasteiger partial charge in [-0.1, -0.05) is 24.3 Å². The van der Waals surface area contributed by atoms with Crippen LogP contribution in [0.1, 0.15) is 28.8 Å². The largest absolute Gasteiger partial charge is 0.401 e. The highest BCUT2D eigenvalue weighted by atomic mass is 16.5. The van der Waals surface area contributed by atoms with Crippen molar-refractivity contribution in [1.82, 2.24) is 20.3 Å². The molecule has 158 valence electrons. The Morgan fingerprint density at radius 3 is 2.73 bits per heavy atom. The molecule has 2 heterocycles. The summed E-state index contributed by atoms with van der Waals surface area (Å²) in [7, 11) is 0. The second-order valence-electron chi connectivity index (χ2n) is 7.62. The van der Waals surface area contributed by atoms with Gasteiger partial charge in [0.25, 0.3) is 0 Å². The van der Waals surface area contributed by atoms with E-state index in [1.165, 1.54) is 17.3 Å². The number of hydrazine groups is 1. The number of carbonyl (C=O) groups excluding carboxylic acids is 1. The minimum atomic E-state index is -0.0757. The lowest BCUT2D eigenvalue weighted by molar-refractivity contribution is -0.136. The molecule has 0 unspecified atom stereocenters. The molecule has 1 aromatic carbocycles. The molecule has 30 heavy (non-hydrogen) atoms. The molecular formula is C21H27N7O2. The lowest BCUT2D eigenvalue weighted by Gasteiger charge is -2.15. The van der Waals surface area contributed by atoms with Crippen LogP contribution in [0.5, 0.6) is 0 Å². The summed E-state index contributed by atoms with van der Waals surface area (Å²) in [6.07, 6.45) is 5.76. The normalized spacial score (nSPS) is 15.8. The number of fused-ring (bicyclic) bond motifs is 2. The van der Waals surface area contributed by atoms with E-state index in [2.05, 4.69) is 45.0 Å². The van der Waals surface area contributed by atoms with Crippen molar-refractivity contribution in [2.24, 2.45) is 11.6 Å². The van der Waals surface area contributed by atoms with Crippen molar-refractivity contribution < 1.29 is 9.53 Å². The van der Waals surface area contributed by atoms with Gasteiger partial charge in [-0.25, -0.2) is 9.97 Å². The number of nitrogens with zero attached hydrogens (tertiary/aromatic N) is 3. The number of ether oxygens (including phenoxy) is 1. The van der Waals surface area contributed by atoms with E-state index >= 15 is 0 Å².